The van der Waals surface area contributed by atoms with Crippen LogP contribution in [0.3, 0.4) is 0 Å². The van der Waals surface area contributed by atoms with Crippen LogP contribution >= 0.6 is 46.6 Å². The number of aliphatic imine (C=N–C) groups is 1. The Morgan fingerprint density at radius 2 is 1.90 bits per heavy atom. The van der Waals surface area contributed by atoms with Crippen molar-refractivity contribution in [1.82, 2.24) is 5.32 Å². The minimum absolute atomic E-state index is 0.258. The number of nitrogens with one attached hydrogen (secondary N) is 1. The molecule has 1 aliphatic heterocycles. The van der Waals surface area contributed by atoms with Crippen molar-refractivity contribution >= 4 is 69.4 Å². The molecule has 3 rings (SSSR count). The molecule has 31 heavy (non-hydrogen) atoms. The number of carbonyl (C=O) groups is 1. The summed E-state index contributed by atoms with van der Waals surface area (Å²) in [4.78, 5) is 17.3. The van der Waals surface area contributed by atoms with Gasteiger partial charge in [0.05, 0.1) is 33.9 Å². The number of amides is 1. The molecule has 0 saturated carbocycles. The lowest BCUT2D eigenvalue weighted by atomic mass is 10.1. The Kier molecular flexibility index (Phi) is 8.55. The van der Waals surface area contributed by atoms with Crippen LogP contribution in [0, 0.1) is 0 Å². The monoisotopic (exact) mass is 498 g/mol. The SMILES string of the molecule is CCCCOc1c(Cl)cc(/C=C2/SC(=Nc3ccc(Cl)cc3Cl)NC2=O)cc1OCC. The predicted octanol–water partition coefficient (Wildman–Crippen LogP) is 7.12. The van der Waals surface area contributed by atoms with Crippen molar-refractivity contribution in [2.24, 2.45) is 4.99 Å². The molecule has 9 heteroatoms. The molecule has 1 N–H and O–H groups in total. The van der Waals surface area contributed by atoms with Crippen molar-refractivity contribution < 1.29 is 14.3 Å². The summed E-state index contributed by atoms with van der Waals surface area (Å²) in [6, 6.07) is 8.53. The Morgan fingerprint density at radius 1 is 1.10 bits per heavy atom. The third kappa shape index (κ3) is 6.32. The Hall–Kier alpha value is -1.86. The van der Waals surface area contributed by atoms with Gasteiger partial charge in [0.1, 0.15) is 0 Å². The number of unbranched alkanes of at least 4 members (excludes halogenated alkanes) is 1. The summed E-state index contributed by atoms with van der Waals surface area (Å²) in [6.45, 7) is 5.00. The third-order valence-electron chi connectivity index (χ3n) is 4.16. The van der Waals surface area contributed by atoms with Gasteiger partial charge >= 0.3 is 0 Å². The van der Waals surface area contributed by atoms with E-state index in [2.05, 4.69) is 17.2 Å². The smallest absolute Gasteiger partial charge is 0.264 e. The highest BCUT2D eigenvalue weighted by Gasteiger charge is 2.24. The molecule has 0 aliphatic carbocycles. The lowest BCUT2D eigenvalue weighted by Crippen LogP contribution is -2.19. The van der Waals surface area contributed by atoms with Gasteiger partial charge in [-0.25, -0.2) is 4.99 Å². The normalized spacial score (nSPS) is 16.1. The summed E-state index contributed by atoms with van der Waals surface area (Å²) < 4.78 is 11.5. The fraction of sp³-hybridized carbons (Fsp3) is 0.273. The fourth-order valence-corrected chi connectivity index (χ4v) is 4.27. The molecule has 1 amide bonds. The summed E-state index contributed by atoms with van der Waals surface area (Å²) in [5.41, 5.74) is 1.24. The van der Waals surface area contributed by atoms with E-state index in [1.165, 1.54) is 11.8 Å². The maximum absolute atomic E-state index is 12.4. The lowest BCUT2D eigenvalue weighted by molar-refractivity contribution is -0.115. The van der Waals surface area contributed by atoms with Crippen molar-refractivity contribution in [3.63, 3.8) is 0 Å². The van der Waals surface area contributed by atoms with Crippen molar-refractivity contribution in [2.75, 3.05) is 13.2 Å². The second-order valence-electron chi connectivity index (χ2n) is 6.54. The fourth-order valence-electron chi connectivity index (χ4n) is 2.71. The summed E-state index contributed by atoms with van der Waals surface area (Å²) in [5, 5.41) is 4.51. The standard InChI is InChI=1S/C22H21Cl3N2O3S/c1-3-5-8-30-20-16(25)9-13(10-18(20)29-4-2)11-19-21(28)27-22(31-19)26-17-7-6-14(23)12-15(17)24/h6-7,9-12H,3-5,8H2,1-2H3,(H,26,27,28)/b19-11+. The van der Waals surface area contributed by atoms with Crippen molar-refractivity contribution in [2.45, 2.75) is 26.7 Å². The lowest BCUT2D eigenvalue weighted by Gasteiger charge is -2.14. The Morgan fingerprint density at radius 3 is 2.61 bits per heavy atom. The first-order valence-electron chi connectivity index (χ1n) is 9.75. The minimum Gasteiger partial charge on any atom is -0.490 e. The summed E-state index contributed by atoms with van der Waals surface area (Å²) in [7, 11) is 0. The van der Waals surface area contributed by atoms with Gasteiger partial charge in [0, 0.05) is 5.02 Å². The van der Waals surface area contributed by atoms with Crippen molar-refractivity contribution in [3.05, 3.63) is 55.9 Å². The zero-order chi connectivity index (χ0) is 22.4. The van der Waals surface area contributed by atoms with Crippen LogP contribution in [0.5, 0.6) is 11.5 Å². The molecule has 0 bridgehead atoms. The van der Waals surface area contributed by atoms with Gasteiger partial charge in [0.25, 0.3) is 5.91 Å². The number of ether oxygens (including phenoxy) is 2. The van der Waals surface area contributed by atoms with Gasteiger partial charge in [-0.2, -0.15) is 0 Å². The highest BCUT2D eigenvalue weighted by Crippen LogP contribution is 2.39. The molecule has 0 radical (unpaired) electrons. The molecule has 1 aliphatic rings. The van der Waals surface area contributed by atoms with Gasteiger partial charge in [0.2, 0.25) is 0 Å². The van der Waals surface area contributed by atoms with Gasteiger partial charge in [0.15, 0.2) is 16.7 Å². The van der Waals surface area contributed by atoms with Crippen LogP contribution in [-0.4, -0.2) is 24.3 Å². The molecular formula is C22H21Cl3N2O3S. The number of benzene rings is 2. The topological polar surface area (TPSA) is 59.9 Å². The predicted molar refractivity (Wildman–Crippen MR) is 130 cm³/mol. The summed E-state index contributed by atoms with van der Waals surface area (Å²) in [6.07, 6.45) is 3.67. The number of hydrogen-bond acceptors (Lipinski definition) is 5. The maximum Gasteiger partial charge on any atom is 0.264 e. The van der Waals surface area contributed by atoms with E-state index >= 15 is 0 Å². The largest absolute Gasteiger partial charge is 0.490 e. The van der Waals surface area contributed by atoms with Crippen LogP contribution in [0.25, 0.3) is 6.08 Å². The van der Waals surface area contributed by atoms with Crippen molar-refractivity contribution in [3.8, 4) is 11.5 Å². The zero-order valence-electron chi connectivity index (χ0n) is 17.0. The third-order valence-corrected chi connectivity index (χ3v) is 5.88. The van der Waals surface area contributed by atoms with Crippen LogP contribution in [-0.2, 0) is 4.79 Å². The number of halogens is 3. The Labute approximate surface area is 200 Å². The summed E-state index contributed by atoms with van der Waals surface area (Å²) >= 11 is 19.7. The van der Waals surface area contributed by atoms with Gasteiger partial charge in [-0.05, 0) is 67.1 Å². The molecule has 0 aromatic heterocycles. The first-order valence-corrected chi connectivity index (χ1v) is 11.7. The van der Waals surface area contributed by atoms with Crippen LogP contribution in [0.1, 0.15) is 32.3 Å². The van der Waals surface area contributed by atoms with Gasteiger partial charge < -0.3 is 14.8 Å². The molecule has 164 valence electrons. The Bertz CT molecular complexity index is 1040. The molecule has 5 nitrogen and oxygen atoms in total. The second kappa shape index (κ2) is 11.1. The number of hydrogen-bond donors (Lipinski definition) is 1. The number of thioether (sulfide) groups is 1. The molecule has 0 spiro atoms. The molecule has 1 heterocycles. The molecular weight excluding hydrogens is 479 g/mol. The van der Waals surface area contributed by atoms with Crippen molar-refractivity contribution in [1.29, 1.82) is 0 Å². The zero-order valence-corrected chi connectivity index (χ0v) is 20.1. The van der Waals surface area contributed by atoms with E-state index in [1.54, 1.807) is 30.3 Å². The number of rotatable bonds is 8. The average molecular weight is 500 g/mol. The quantitative estimate of drug-likeness (QED) is 0.310. The van der Waals surface area contributed by atoms with E-state index in [0.29, 0.717) is 55.5 Å². The number of nitrogens with zero attached hydrogens (tertiary/aromatic N) is 1. The van der Waals surface area contributed by atoms with Crippen LogP contribution in [0.2, 0.25) is 15.1 Å². The molecule has 1 fully saturated rings. The highest BCUT2D eigenvalue weighted by molar-refractivity contribution is 8.18. The van der Waals surface area contributed by atoms with E-state index in [4.69, 9.17) is 44.3 Å². The molecule has 1 saturated heterocycles. The Balaban J connectivity index is 1.85. The van der Waals surface area contributed by atoms with Gasteiger partial charge in [-0.1, -0.05) is 48.1 Å². The van der Waals surface area contributed by atoms with Gasteiger partial charge in [-0.3, -0.25) is 4.79 Å². The van der Waals surface area contributed by atoms with E-state index in [1.807, 2.05) is 13.0 Å². The van der Waals surface area contributed by atoms with Crippen LogP contribution in [0.15, 0.2) is 40.2 Å². The second-order valence-corrected chi connectivity index (χ2v) is 8.82. The molecule has 0 atom stereocenters. The first kappa shape index (κ1) is 23.8. The maximum atomic E-state index is 12.4. The van der Waals surface area contributed by atoms with Crippen LogP contribution < -0.4 is 14.8 Å². The number of carbonyl (C=O) groups excluding carboxylic acids is 1. The highest BCUT2D eigenvalue weighted by atomic mass is 35.5. The van der Waals surface area contributed by atoms with E-state index < -0.39 is 0 Å². The van der Waals surface area contributed by atoms with E-state index in [9.17, 15) is 4.79 Å². The first-order chi connectivity index (χ1) is 14.9. The number of amidine groups is 1. The average Bonchev–Trinajstić information content (AvgIpc) is 3.05. The minimum atomic E-state index is -0.258. The molecule has 2 aromatic rings. The summed E-state index contributed by atoms with van der Waals surface area (Å²) in [5.74, 6) is 0.802. The molecule has 2 aromatic carbocycles. The van der Waals surface area contributed by atoms with Crippen LogP contribution in [0.4, 0.5) is 5.69 Å². The molecule has 0 unspecified atom stereocenters. The van der Waals surface area contributed by atoms with Gasteiger partial charge in [-0.15, -0.1) is 0 Å². The van der Waals surface area contributed by atoms with E-state index in [-0.39, 0.29) is 5.91 Å². The van der Waals surface area contributed by atoms with E-state index in [0.717, 1.165) is 18.4 Å².